The Balaban J connectivity index is 2.18. The zero-order chi connectivity index (χ0) is 20.4. The van der Waals surface area contributed by atoms with Crippen LogP contribution in [-0.4, -0.2) is 78.1 Å². The lowest BCUT2D eigenvalue weighted by molar-refractivity contribution is 0.0667. The van der Waals surface area contributed by atoms with E-state index in [1.807, 2.05) is 17.9 Å². The number of carbonyl (C=O) groups excluding carboxylic acids is 1. The number of ether oxygens (including phenoxy) is 4. The Kier molecular flexibility index (Phi) is 9.54. The highest BCUT2D eigenvalue weighted by molar-refractivity contribution is 5.95. The molecule has 1 N–H and O–H groups in total. The van der Waals surface area contributed by atoms with Gasteiger partial charge in [0.05, 0.1) is 20.3 Å². The molecule has 1 aromatic rings. The van der Waals surface area contributed by atoms with Crippen LogP contribution >= 0.6 is 0 Å². The molecule has 0 bridgehead atoms. The van der Waals surface area contributed by atoms with Crippen LogP contribution in [0, 0.1) is 12.8 Å². The third-order valence-electron chi connectivity index (χ3n) is 4.94. The summed E-state index contributed by atoms with van der Waals surface area (Å²) in [6.07, 6.45) is 1.86. The fourth-order valence-corrected chi connectivity index (χ4v) is 3.46. The normalized spacial score (nSPS) is 16.2. The number of amides is 1. The highest BCUT2D eigenvalue weighted by Gasteiger charge is 2.24. The molecule has 1 fully saturated rings. The molecule has 7 nitrogen and oxygen atoms in total. The van der Waals surface area contributed by atoms with Crippen molar-refractivity contribution in [3.63, 3.8) is 0 Å². The standard InChI is InChI=1S/C21H34N2O5/c1-16-12-18(13-19(20(16)27-4)28-10-5-9-25-2)21(24)23(8-11-26-3)15-17-6-7-22-14-17/h12-13,17,22H,5-11,14-15H2,1-4H3. The van der Waals surface area contributed by atoms with Crippen molar-refractivity contribution in [2.45, 2.75) is 19.8 Å². The van der Waals surface area contributed by atoms with Gasteiger partial charge in [0.2, 0.25) is 0 Å². The molecule has 1 heterocycles. The van der Waals surface area contributed by atoms with Crippen LogP contribution < -0.4 is 14.8 Å². The van der Waals surface area contributed by atoms with Crippen molar-refractivity contribution >= 4 is 5.91 Å². The van der Waals surface area contributed by atoms with Gasteiger partial charge in [-0.1, -0.05) is 0 Å². The first kappa shape index (κ1) is 22.5. The van der Waals surface area contributed by atoms with E-state index in [9.17, 15) is 4.79 Å². The quantitative estimate of drug-likeness (QED) is 0.548. The number of benzene rings is 1. The van der Waals surface area contributed by atoms with E-state index in [1.165, 1.54) is 0 Å². The van der Waals surface area contributed by atoms with Gasteiger partial charge in [-0.3, -0.25) is 4.79 Å². The second kappa shape index (κ2) is 11.9. The van der Waals surface area contributed by atoms with E-state index in [2.05, 4.69) is 5.32 Å². The largest absolute Gasteiger partial charge is 0.493 e. The van der Waals surface area contributed by atoms with Crippen molar-refractivity contribution in [2.75, 3.05) is 67.3 Å². The Morgan fingerprint density at radius 2 is 1.96 bits per heavy atom. The van der Waals surface area contributed by atoms with Crippen molar-refractivity contribution in [3.05, 3.63) is 23.3 Å². The van der Waals surface area contributed by atoms with Crippen LogP contribution in [0.15, 0.2) is 12.1 Å². The minimum Gasteiger partial charge on any atom is -0.493 e. The molecule has 158 valence electrons. The highest BCUT2D eigenvalue weighted by Crippen LogP contribution is 2.33. The van der Waals surface area contributed by atoms with E-state index in [0.29, 0.717) is 49.3 Å². The average Bonchev–Trinajstić information content (AvgIpc) is 3.20. The van der Waals surface area contributed by atoms with Gasteiger partial charge in [-0.05, 0) is 50.0 Å². The monoisotopic (exact) mass is 394 g/mol. The summed E-state index contributed by atoms with van der Waals surface area (Å²) in [5.41, 5.74) is 1.49. The summed E-state index contributed by atoms with van der Waals surface area (Å²) in [6.45, 7) is 6.83. The molecule has 2 rings (SSSR count). The fraction of sp³-hybridized carbons (Fsp3) is 0.667. The summed E-state index contributed by atoms with van der Waals surface area (Å²) in [7, 11) is 4.94. The molecule has 0 radical (unpaired) electrons. The maximum Gasteiger partial charge on any atom is 0.254 e. The van der Waals surface area contributed by atoms with Gasteiger partial charge < -0.3 is 29.2 Å². The lowest BCUT2D eigenvalue weighted by atomic mass is 10.1. The first-order chi connectivity index (χ1) is 13.6. The number of hydrogen-bond donors (Lipinski definition) is 1. The van der Waals surface area contributed by atoms with Gasteiger partial charge in [-0.15, -0.1) is 0 Å². The molecule has 0 spiro atoms. The molecule has 1 aromatic carbocycles. The van der Waals surface area contributed by atoms with E-state index >= 15 is 0 Å². The predicted molar refractivity (Wildman–Crippen MR) is 108 cm³/mol. The van der Waals surface area contributed by atoms with Crippen LogP contribution in [-0.2, 0) is 9.47 Å². The molecular weight excluding hydrogens is 360 g/mol. The van der Waals surface area contributed by atoms with E-state index in [4.69, 9.17) is 18.9 Å². The zero-order valence-electron chi connectivity index (χ0n) is 17.6. The van der Waals surface area contributed by atoms with Gasteiger partial charge in [0.25, 0.3) is 5.91 Å². The third kappa shape index (κ3) is 6.36. The van der Waals surface area contributed by atoms with Crippen LogP contribution in [0.3, 0.4) is 0 Å². The van der Waals surface area contributed by atoms with Gasteiger partial charge in [0.15, 0.2) is 11.5 Å². The van der Waals surface area contributed by atoms with E-state index in [0.717, 1.165) is 38.0 Å². The summed E-state index contributed by atoms with van der Waals surface area (Å²) in [5.74, 6) is 1.73. The van der Waals surface area contributed by atoms with Crippen LogP contribution in [0.5, 0.6) is 11.5 Å². The van der Waals surface area contributed by atoms with Crippen molar-refractivity contribution in [1.29, 1.82) is 0 Å². The molecule has 0 saturated carbocycles. The summed E-state index contributed by atoms with van der Waals surface area (Å²) in [6, 6.07) is 3.66. The molecule has 0 aromatic heterocycles. The Morgan fingerprint density at radius 3 is 2.61 bits per heavy atom. The number of methoxy groups -OCH3 is 3. The minimum atomic E-state index is -0.00329. The van der Waals surface area contributed by atoms with Gasteiger partial charge in [0.1, 0.15) is 0 Å². The Labute approximate surface area is 168 Å². The summed E-state index contributed by atoms with van der Waals surface area (Å²) in [5, 5.41) is 3.36. The second-order valence-corrected chi connectivity index (χ2v) is 7.12. The topological polar surface area (TPSA) is 69.3 Å². The molecule has 1 aliphatic rings. The minimum absolute atomic E-state index is 0.00329. The molecule has 1 saturated heterocycles. The number of nitrogens with one attached hydrogen (secondary N) is 1. The smallest absolute Gasteiger partial charge is 0.254 e. The first-order valence-electron chi connectivity index (χ1n) is 9.90. The molecular formula is C21H34N2O5. The van der Waals surface area contributed by atoms with Gasteiger partial charge in [-0.25, -0.2) is 0 Å². The maximum atomic E-state index is 13.3. The summed E-state index contributed by atoms with van der Waals surface area (Å²) < 4.78 is 21.7. The van der Waals surface area contributed by atoms with Crippen molar-refractivity contribution in [2.24, 2.45) is 5.92 Å². The zero-order valence-corrected chi connectivity index (χ0v) is 17.6. The molecule has 1 unspecified atom stereocenters. The van der Waals surface area contributed by atoms with Crippen molar-refractivity contribution in [3.8, 4) is 11.5 Å². The Hall–Kier alpha value is -1.83. The number of rotatable bonds is 12. The van der Waals surface area contributed by atoms with Crippen molar-refractivity contribution < 1.29 is 23.7 Å². The average molecular weight is 395 g/mol. The van der Waals surface area contributed by atoms with E-state index < -0.39 is 0 Å². The number of hydrogen-bond acceptors (Lipinski definition) is 6. The van der Waals surface area contributed by atoms with Gasteiger partial charge >= 0.3 is 0 Å². The molecule has 7 heteroatoms. The summed E-state index contributed by atoms with van der Waals surface area (Å²) >= 11 is 0. The third-order valence-corrected chi connectivity index (χ3v) is 4.94. The maximum absolute atomic E-state index is 13.3. The van der Waals surface area contributed by atoms with Crippen LogP contribution in [0.4, 0.5) is 0 Å². The van der Waals surface area contributed by atoms with Crippen LogP contribution in [0.2, 0.25) is 0 Å². The fourth-order valence-electron chi connectivity index (χ4n) is 3.46. The van der Waals surface area contributed by atoms with Gasteiger partial charge in [0, 0.05) is 45.9 Å². The predicted octanol–water partition coefficient (Wildman–Crippen LogP) is 2.12. The SMILES string of the molecule is COCCCOc1cc(C(=O)N(CCOC)CC2CCNC2)cc(C)c1OC. The van der Waals surface area contributed by atoms with E-state index in [-0.39, 0.29) is 5.91 Å². The van der Waals surface area contributed by atoms with Crippen LogP contribution in [0.25, 0.3) is 0 Å². The molecule has 0 aliphatic carbocycles. The van der Waals surface area contributed by atoms with Crippen LogP contribution in [0.1, 0.15) is 28.8 Å². The molecule has 1 atom stereocenters. The summed E-state index contributed by atoms with van der Waals surface area (Å²) in [4.78, 5) is 15.1. The number of carbonyl (C=O) groups is 1. The Bertz CT molecular complexity index is 617. The van der Waals surface area contributed by atoms with E-state index in [1.54, 1.807) is 27.4 Å². The molecule has 1 amide bonds. The molecule has 1 aliphatic heterocycles. The number of nitrogens with zero attached hydrogens (tertiary/aromatic N) is 1. The number of aryl methyl sites for hydroxylation is 1. The lowest BCUT2D eigenvalue weighted by Crippen LogP contribution is -2.38. The lowest BCUT2D eigenvalue weighted by Gasteiger charge is -2.26. The van der Waals surface area contributed by atoms with Crippen molar-refractivity contribution in [1.82, 2.24) is 10.2 Å². The molecule has 28 heavy (non-hydrogen) atoms. The Morgan fingerprint density at radius 1 is 1.18 bits per heavy atom. The van der Waals surface area contributed by atoms with Gasteiger partial charge in [-0.2, -0.15) is 0 Å². The first-order valence-corrected chi connectivity index (χ1v) is 9.90. The second-order valence-electron chi connectivity index (χ2n) is 7.12. The highest BCUT2D eigenvalue weighted by atomic mass is 16.5.